The van der Waals surface area contributed by atoms with E-state index >= 15 is 0 Å². The lowest BCUT2D eigenvalue weighted by Gasteiger charge is -2.35. The van der Waals surface area contributed by atoms with Gasteiger partial charge in [-0.25, -0.2) is 4.39 Å². The van der Waals surface area contributed by atoms with E-state index < -0.39 is 17.9 Å². The first-order chi connectivity index (χ1) is 21.0. The third-order valence-electron chi connectivity index (χ3n) is 9.26. The highest BCUT2D eigenvalue weighted by Crippen LogP contribution is 2.45. The molecular weight excluding hydrogens is 576 g/mol. The Balaban J connectivity index is 1.26. The fraction of sp³-hybridized carbons (Fsp3) is 0.576. The number of alkyl halides is 3. The van der Waals surface area contributed by atoms with Gasteiger partial charge >= 0.3 is 6.18 Å². The van der Waals surface area contributed by atoms with E-state index in [9.17, 15) is 27.2 Å². The first-order valence-corrected chi connectivity index (χ1v) is 15.8. The Morgan fingerprint density at radius 3 is 2.09 bits per heavy atom. The van der Waals surface area contributed by atoms with Gasteiger partial charge in [-0.05, 0) is 86.9 Å². The van der Waals surface area contributed by atoms with Gasteiger partial charge < -0.3 is 24.8 Å². The molecule has 0 spiro atoms. The van der Waals surface area contributed by atoms with Crippen LogP contribution >= 0.6 is 0 Å². The maximum atomic E-state index is 14.5. The highest BCUT2D eigenvalue weighted by Gasteiger charge is 2.42. The minimum Gasteiger partial charge on any atom is -0.490 e. The molecule has 11 heteroatoms. The topological polar surface area (TPSA) is 65.1 Å². The Kier molecular flexibility index (Phi) is 10.0. The summed E-state index contributed by atoms with van der Waals surface area (Å²) in [6.07, 6.45) is -2.59. The molecule has 1 N–H and O–H groups in total. The molecule has 1 atom stereocenters. The average Bonchev–Trinajstić information content (AvgIpc) is 3.04. The van der Waals surface area contributed by atoms with Crippen LogP contribution in [0.2, 0.25) is 0 Å². The van der Waals surface area contributed by atoms with Crippen molar-refractivity contribution in [1.82, 2.24) is 15.1 Å². The molecule has 2 aromatic carbocycles. The van der Waals surface area contributed by atoms with Crippen molar-refractivity contribution in [3.8, 4) is 5.75 Å². The number of ether oxygens (including phenoxy) is 1. The number of benzene rings is 2. The zero-order valence-corrected chi connectivity index (χ0v) is 25.5. The van der Waals surface area contributed by atoms with Crippen molar-refractivity contribution in [1.29, 1.82) is 0 Å². The molecule has 2 aliphatic heterocycles. The predicted octanol–water partition coefficient (Wildman–Crippen LogP) is 5.85. The minimum absolute atomic E-state index is 0.0626. The molecule has 240 valence electrons. The number of anilines is 1. The van der Waals surface area contributed by atoms with Crippen molar-refractivity contribution in [2.75, 3.05) is 57.3 Å². The number of hydrogen-bond acceptors (Lipinski definition) is 5. The van der Waals surface area contributed by atoms with E-state index in [1.54, 1.807) is 34.1 Å². The van der Waals surface area contributed by atoms with Crippen LogP contribution in [0.1, 0.15) is 78.1 Å². The lowest BCUT2D eigenvalue weighted by Crippen LogP contribution is -2.50. The third-order valence-corrected chi connectivity index (χ3v) is 9.26. The number of carbonyl (C=O) groups excluding carboxylic acids is 2. The summed E-state index contributed by atoms with van der Waals surface area (Å²) in [5.41, 5.74) is 2.23. The smallest absolute Gasteiger partial charge is 0.391 e. The normalized spacial score (nSPS) is 22.1. The van der Waals surface area contributed by atoms with Gasteiger partial charge in [0.05, 0.1) is 12.0 Å². The van der Waals surface area contributed by atoms with Crippen molar-refractivity contribution < 1.29 is 31.9 Å². The standard InChI is InChI=1S/C33H42F4N4O3/c1-3-22(2)44-30-9-6-24(20-29(30)23-4-7-26(8-5-23)33(35,36)37)31(42)40-14-16-41(17-15-40)32(43)25-18-27(34)21-28(19-25)39-12-10-38-11-13-39/h6,9,18-23,26,38H,3-5,7-8,10-17H2,1-2H3/t22-,23?,26?/m1/s1. The maximum Gasteiger partial charge on any atom is 0.391 e. The first-order valence-electron chi connectivity index (χ1n) is 15.8. The van der Waals surface area contributed by atoms with Gasteiger partial charge in [0, 0.05) is 69.2 Å². The number of nitrogens with one attached hydrogen (secondary N) is 1. The van der Waals surface area contributed by atoms with E-state index in [4.69, 9.17) is 4.74 Å². The van der Waals surface area contributed by atoms with Gasteiger partial charge in [-0.2, -0.15) is 13.2 Å². The molecule has 44 heavy (non-hydrogen) atoms. The summed E-state index contributed by atoms with van der Waals surface area (Å²) >= 11 is 0. The summed E-state index contributed by atoms with van der Waals surface area (Å²) in [7, 11) is 0. The number of amides is 2. The first kappa shape index (κ1) is 32.1. The average molecular weight is 619 g/mol. The summed E-state index contributed by atoms with van der Waals surface area (Å²) in [6, 6.07) is 9.73. The van der Waals surface area contributed by atoms with Crippen LogP contribution in [-0.4, -0.2) is 86.3 Å². The lowest BCUT2D eigenvalue weighted by molar-refractivity contribution is -0.182. The van der Waals surface area contributed by atoms with Crippen LogP contribution in [0, 0.1) is 11.7 Å². The van der Waals surface area contributed by atoms with Crippen molar-refractivity contribution >= 4 is 17.5 Å². The maximum absolute atomic E-state index is 14.5. The highest BCUT2D eigenvalue weighted by molar-refractivity contribution is 5.96. The number of piperazine rings is 2. The zero-order chi connectivity index (χ0) is 31.4. The van der Waals surface area contributed by atoms with Gasteiger partial charge in [-0.15, -0.1) is 0 Å². The predicted molar refractivity (Wildman–Crippen MR) is 161 cm³/mol. The summed E-state index contributed by atoms with van der Waals surface area (Å²) in [4.78, 5) is 32.3. The largest absolute Gasteiger partial charge is 0.490 e. The van der Waals surface area contributed by atoms with Crippen molar-refractivity contribution in [3.63, 3.8) is 0 Å². The van der Waals surface area contributed by atoms with Crippen LogP contribution in [0.5, 0.6) is 5.75 Å². The fourth-order valence-electron chi connectivity index (χ4n) is 6.42. The molecule has 2 heterocycles. The van der Waals surface area contributed by atoms with Crippen LogP contribution in [0.4, 0.5) is 23.2 Å². The molecule has 3 aliphatic rings. The van der Waals surface area contributed by atoms with E-state index in [-0.39, 0.29) is 36.7 Å². The zero-order valence-electron chi connectivity index (χ0n) is 25.5. The molecule has 2 amide bonds. The number of rotatable bonds is 7. The van der Waals surface area contributed by atoms with Crippen molar-refractivity contribution in [2.45, 2.75) is 64.1 Å². The van der Waals surface area contributed by atoms with E-state index in [2.05, 4.69) is 10.2 Å². The van der Waals surface area contributed by atoms with Crippen molar-refractivity contribution in [3.05, 3.63) is 58.9 Å². The van der Waals surface area contributed by atoms with E-state index in [1.807, 2.05) is 13.8 Å². The van der Waals surface area contributed by atoms with Crippen LogP contribution in [0.15, 0.2) is 36.4 Å². The third kappa shape index (κ3) is 7.47. The SMILES string of the molecule is CC[C@@H](C)Oc1ccc(C(=O)N2CCN(C(=O)c3cc(F)cc(N4CCNCC4)c3)CC2)cc1C1CCC(C(F)(F)F)CC1. The Hall–Kier alpha value is -3.34. The van der Waals surface area contributed by atoms with Crippen LogP contribution in [-0.2, 0) is 0 Å². The molecular formula is C33H42F4N4O3. The van der Waals surface area contributed by atoms with Crippen LogP contribution < -0.4 is 15.0 Å². The highest BCUT2D eigenvalue weighted by atomic mass is 19.4. The molecule has 1 aliphatic carbocycles. The van der Waals surface area contributed by atoms with Gasteiger partial charge in [0.1, 0.15) is 11.6 Å². The second-order valence-corrected chi connectivity index (χ2v) is 12.2. The fourth-order valence-corrected chi connectivity index (χ4v) is 6.42. The number of halogens is 4. The van der Waals surface area contributed by atoms with Gasteiger partial charge in [0.15, 0.2) is 0 Å². The molecule has 0 bridgehead atoms. The molecule has 0 radical (unpaired) electrons. The summed E-state index contributed by atoms with van der Waals surface area (Å²) in [6.45, 7) is 8.28. The van der Waals surface area contributed by atoms with Crippen molar-refractivity contribution in [2.24, 2.45) is 5.92 Å². The van der Waals surface area contributed by atoms with Crippen LogP contribution in [0.3, 0.4) is 0 Å². The number of carbonyl (C=O) groups is 2. The van der Waals surface area contributed by atoms with Gasteiger partial charge in [0.2, 0.25) is 0 Å². The van der Waals surface area contributed by atoms with Gasteiger partial charge in [-0.1, -0.05) is 6.92 Å². The van der Waals surface area contributed by atoms with E-state index in [0.717, 1.165) is 38.2 Å². The molecule has 2 aromatic rings. The van der Waals surface area contributed by atoms with E-state index in [1.165, 1.54) is 12.1 Å². The molecule has 0 unspecified atom stereocenters. The number of hydrogen-bond donors (Lipinski definition) is 1. The summed E-state index contributed by atoms with van der Waals surface area (Å²) < 4.78 is 60.6. The molecule has 1 saturated carbocycles. The molecule has 5 rings (SSSR count). The molecule has 2 saturated heterocycles. The van der Waals surface area contributed by atoms with Gasteiger partial charge in [0.25, 0.3) is 11.8 Å². The molecule has 3 fully saturated rings. The van der Waals surface area contributed by atoms with Gasteiger partial charge in [-0.3, -0.25) is 9.59 Å². The lowest BCUT2D eigenvalue weighted by atomic mass is 9.78. The molecule has 0 aromatic heterocycles. The molecule has 7 nitrogen and oxygen atoms in total. The summed E-state index contributed by atoms with van der Waals surface area (Å²) in [5.74, 6) is -1.70. The van der Waals surface area contributed by atoms with Crippen LogP contribution in [0.25, 0.3) is 0 Å². The minimum atomic E-state index is -4.19. The quantitative estimate of drug-likeness (QED) is 0.395. The Labute approximate surface area is 256 Å². The Bertz CT molecular complexity index is 1310. The Morgan fingerprint density at radius 1 is 0.886 bits per heavy atom. The Morgan fingerprint density at radius 2 is 1.50 bits per heavy atom. The van der Waals surface area contributed by atoms with E-state index in [0.29, 0.717) is 61.6 Å². The number of nitrogens with zero attached hydrogens (tertiary/aromatic N) is 3. The second kappa shape index (κ2) is 13.7. The monoisotopic (exact) mass is 618 g/mol. The second-order valence-electron chi connectivity index (χ2n) is 12.2. The summed E-state index contributed by atoms with van der Waals surface area (Å²) in [5, 5.41) is 3.27.